The summed E-state index contributed by atoms with van der Waals surface area (Å²) in [6.07, 6.45) is 0.638. The number of aliphatic carboxylic acids is 1. The Labute approximate surface area is 262 Å². The van der Waals surface area contributed by atoms with Gasteiger partial charge in [-0.1, -0.05) is 42.5 Å². The number of benzene rings is 1. The van der Waals surface area contributed by atoms with E-state index in [4.69, 9.17) is 9.47 Å². The van der Waals surface area contributed by atoms with Gasteiger partial charge < -0.3 is 14.6 Å². The zero-order valence-corrected chi connectivity index (χ0v) is 26.2. The van der Waals surface area contributed by atoms with Gasteiger partial charge in [-0.15, -0.1) is 0 Å². The number of nitrogens with one attached hydrogen (secondary N) is 1. The highest BCUT2D eigenvalue weighted by Gasteiger charge is 2.28. The summed E-state index contributed by atoms with van der Waals surface area (Å²) in [4.78, 5) is 38.5. The van der Waals surface area contributed by atoms with Crippen LogP contribution in [0.3, 0.4) is 0 Å². The van der Waals surface area contributed by atoms with Gasteiger partial charge in [0.2, 0.25) is 5.88 Å². The Morgan fingerprint density at radius 2 is 1.69 bits per heavy atom. The van der Waals surface area contributed by atoms with Crippen molar-refractivity contribution in [2.24, 2.45) is 0 Å². The lowest BCUT2D eigenvalue weighted by Gasteiger charge is -2.26. The number of sulfonamides is 1. The molecule has 3 aromatic heterocycles. The van der Waals surface area contributed by atoms with Crippen LogP contribution in [0.25, 0.3) is 11.3 Å². The highest BCUT2D eigenvalue weighted by molar-refractivity contribution is 7.89. The molecule has 4 rings (SSSR count). The van der Waals surface area contributed by atoms with Crippen LogP contribution in [0.1, 0.15) is 45.0 Å². The molecule has 0 aliphatic rings. The summed E-state index contributed by atoms with van der Waals surface area (Å²) < 4.78 is 40.4. The molecular weight excluding hydrogens is 598 g/mol. The highest BCUT2D eigenvalue weighted by atomic mass is 32.2. The lowest BCUT2D eigenvalue weighted by Crippen LogP contribution is -2.40. The number of nitrogens with zero attached hydrogens (tertiary/aromatic N) is 4. The van der Waals surface area contributed by atoms with Crippen molar-refractivity contribution in [1.29, 1.82) is 0 Å². The van der Waals surface area contributed by atoms with Crippen LogP contribution in [0.2, 0.25) is 0 Å². The largest absolute Gasteiger partial charge is 0.480 e. The number of carboxylic acids is 1. The summed E-state index contributed by atoms with van der Waals surface area (Å²) in [5.41, 5.74) is 1.69. The van der Waals surface area contributed by atoms with Gasteiger partial charge in [0.1, 0.15) is 18.0 Å². The lowest BCUT2D eigenvalue weighted by molar-refractivity contribution is -0.135. The van der Waals surface area contributed by atoms with Crippen LogP contribution in [-0.2, 0) is 26.0 Å². The number of carbonyl (C=O) groups excluding carboxylic acids is 1. The maximum absolute atomic E-state index is 13.4. The summed E-state index contributed by atoms with van der Waals surface area (Å²) in [6.45, 7) is 6.64. The van der Waals surface area contributed by atoms with E-state index in [0.29, 0.717) is 12.5 Å². The second-order valence-corrected chi connectivity index (χ2v) is 12.6. The number of amides is 1. The first-order chi connectivity index (χ1) is 21.3. The standard InChI is InChI=1S/C32H35N5O7S/c1-5-43-28-13-9-10-24(35-28)23-17-15-22(16-18-23)20-26(36-45(41,42)29-14-6-7-19-33-29)25-11-8-12-27(34-25)37(21-30(38)39)31(40)44-32(2,3)4/h6-19,26,36H,5,20-21H2,1-4H3,(H,38,39). The van der Waals surface area contributed by atoms with E-state index in [1.165, 1.54) is 18.3 Å². The van der Waals surface area contributed by atoms with Crippen LogP contribution in [0, 0.1) is 0 Å². The molecule has 1 amide bonds. The minimum Gasteiger partial charge on any atom is -0.480 e. The minimum atomic E-state index is -4.11. The van der Waals surface area contributed by atoms with Gasteiger partial charge in [0, 0.05) is 17.8 Å². The number of hydrogen-bond donors (Lipinski definition) is 2. The highest BCUT2D eigenvalue weighted by Crippen LogP contribution is 2.26. The number of hydrogen-bond acceptors (Lipinski definition) is 9. The maximum atomic E-state index is 13.4. The fourth-order valence-electron chi connectivity index (χ4n) is 4.29. The van der Waals surface area contributed by atoms with Crippen LogP contribution in [0.15, 0.2) is 90.1 Å². The zero-order chi connectivity index (χ0) is 32.6. The van der Waals surface area contributed by atoms with Crippen LogP contribution in [0.5, 0.6) is 5.88 Å². The van der Waals surface area contributed by atoms with Gasteiger partial charge in [-0.25, -0.2) is 32.9 Å². The zero-order valence-electron chi connectivity index (χ0n) is 25.4. The molecule has 0 saturated heterocycles. The van der Waals surface area contributed by atoms with E-state index in [1.807, 2.05) is 43.3 Å². The van der Waals surface area contributed by atoms with Gasteiger partial charge in [0.15, 0.2) is 5.03 Å². The quantitative estimate of drug-likeness (QED) is 0.217. The van der Waals surface area contributed by atoms with Gasteiger partial charge >= 0.3 is 12.1 Å². The smallest absolute Gasteiger partial charge is 0.416 e. The summed E-state index contributed by atoms with van der Waals surface area (Å²) in [7, 11) is -4.11. The Balaban J connectivity index is 1.69. The van der Waals surface area contributed by atoms with Crippen molar-refractivity contribution in [1.82, 2.24) is 19.7 Å². The number of pyridine rings is 3. The molecule has 45 heavy (non-hydrogen) atoms. The monoisotopic (exact) mass is 633 g/mol. The fraction of sp³-hybridized carbons (Fsp3) is 0.281. The molecule has 4 aromatic rings. The van der Waals surface area contributed by atoms with E-state index < -0.39 is 40.3 Å². The molecule has 0 saturated carbocycles. The summed E-state index contributed by atoms with van der Waals surface area (Å²) in [6, 6.07) is 21.2. The molecule has 0 spiro atoms. The van der Waals surface area contributed by atoms with Crippen molar-refractivity contribution >= 4 is 27.9 Å². The van der Waals surface area contributed by atoms with Gasteiger partial charge in [-0.05, 0) is 70.0 Å². The molecule has 0 aliphatic carbocycles. The van der Waals surface area contributed by atoms with E-state index in [2.05, 4.69) is 19.7 Å². The second kappa shape index (κ2) is 14.3. The fourth-order valence-corrected chi connectivity index (χ4v) is 5.44. The topological polar surface area (TPSA) is 161 Å². The second-order valence-electron chi connectivity index (χ2n) is 10.9. The lowest BCUT2D eigenvalue weighted by atomic mass is 10.0. The van der Waals surface area contributed by atoms with Crippen molar-refractivity contribution in [3.8, 4) is 17.1 Å². The first-order valence-corrected chi connectivity index (χ1v) is 15.6. The molecular formula is C32H35N5O7S. The molecule has 0 bridgehead atoms. The average molecular weight is 634 g/mol. The van der Waals surface area contributed by atoms with Crippen LogP contribution in [0.4, 0.5) is 10.6 Å². The predicted molar refractivity (Wildman–Crippen MR) is 167 cm³/mol. The van der Waals surface area contributed by atoms with Crippen LogP contribution < -0.4 is 14.4 Å². The number of anilines is 1. The van der Waals surface area contributed by atoms with E-state index >= 15 is 0 Å². The molecule has 1 aromatic carbocycles. The van der Waals surface area contributed by atoms with E-state index in [-0.39, 0.29) is 23.0 Å². The van der Waals surface area contributed by atoms with Crippen molar-refractivity contribution in [2.75, 3.05) is 18.1 Å². The first kappa shape index (κ1) is 33.0. The Bertz CT molecular complexity index is 1730. The number of carboxylic acid groups (broad SMARTS) is 1. The Morgan fingerprint density at radius 1 is 0.956 bits per heavy atom. The normalized spacial score (nSPS) is 12.3. The van der Waals surface area contributed by atoms with E-state index in [9.17, 15) is 23.1 Å². The Morgan fingerprint density at radius 3 is 2.33 bits per heavy atom. The third-order valence-electron chi connectivity index (χ3n) is 6.21. The van der Waals surface area contributed by atoms with Gasteiger partial charge in [-0.3, -0.25) is 9.69 Å². The third kappa shape index (κ3) is 9.30. The summed E-state index contributed by atoms with van der Waals surface area (Å²) in [5, 5.41) is 9.33. The van der Waals surface area contributed by atoms with Crippen molar-refractivity contribution in [3.63, 3.8) is 0 Å². The maximum Gasteiger partial charge on any atom is 0.416 e. The van der Waals surface area contributed by atoms with E-state index in [1.54, 1.807) is 51.1 Å². The van der Waals surface area contributed by atoms with E-state index in [0.717, 1.165) is 21.7 Å². The van der Waals surface area contributed by atoms with Crippen molar-refractivity contribution in [3.05, 3.63) is 96.3 Å². The molecule has 0 aliphatic heterocycles. The molecule has 0 radical (unpaired) electrons. The van der Waals surface area contributed by atoms with Crippen molar-refractivity contribution in [2.45, 2.75) is 50.8 Å². The Hall–Kier alpha value is -4.88. The predicted octanol–water partition coefficient (Wildman–Crippen LogP) is 5.03. The number of carbonyl (C=O) groups is 2. The number of rotatable bonds is 12. The summed E-state index contributed by atoms with van der Waals surface area (Å²) >= 11 is 0. The van der Waals surface area contributed by atoms with Gasteiger partial charge in [0.25, 0.3) is 10.0 Å². The Kier molecular flexibility index (Phi) is 10.5. The molecule has 236 valence electrons. The molecule has 3 heterocycles. The van der Waals surface area contributed by atoms with Crippen molar-refractivity contribution < 1.29 is 32.6 Å². The summed E-state index contributed by atoms with van der Waals surface area (Å²) in [5.74, 6) is -0.777. The molecule has 12 nitrogen and oxygen atoms in total. The SMILES string of the molecule is CCOc1cccc(-c2ccc(CC(NS(=O)(=O)c3ccccn3)c3cccc(N(CC(=O)O)C(=O)OC(C)(C)C)n3)cc2)n1. The van der Waals surface area contributed by atoms with Gasteiger partial charge in [0.05, 0.1) is 24.0 Å². The average Bonchev–Trinajstić information content (AvgIpc) is 3.00. The first-order valence-electron chi connectivity index (χ1n) is 14.2. The minimum absolute atomic E-state index is 0.0122. The van der Waals surface area contributed by atoms with Crippen LogP contribution >= 0.6 is 0 Å². The molecule has 1 atom stereocenters. The molecule has 13 heteroatoms. The molecule has 0 fully saturated rings. The number of ether oxygens (including phenoxy) is 2. The van der Waals surface area contributed by atoms with Gasteiger partial charge in [-0.2, -0.15) is 0 Å². The third-order valence-corrected chi connectivity index (χ3v) is 7.60. The number of aromatic nitrogens is 3. The molecule has 2 N–H and O–H groups in total. The van der Waals surface area contributed by atoms with Crippen LogP contribution in [-0.4, -0.2) is 59.3 Å². The molecule has 1 unspecified atom stereocenters.